The van der Waals surface area contributed by atoms with Crippen LogP contribution in [0, 0.1) is 0 Å². The first-order valence-corrected chi connectivity index (χ1v) is 8.78. The van der Waals surface area contributed by atoms with Crippen molar-refractivity contribution in [2.45, 2.75) is 72.0 Å². The van der Waals surface area contributed by atoms with E-state index in [9.17, 15) is 13.2 Å². The second kappa shape index (κ2) is 19.7. The Morgan fingerprint density at radius 2 is 1.57 bits per heavy atom. The second-order valence-electron chi connectivity index (χ2n) is 5.77. The zero-order chi connectivity index (χ0) is 18.7. The Morgan fingerprint density at radius 3 is 2.00 bits per heavy atom. The van der Waals surface area contributed by atoms with Crippen molar-refractivity contribution in [3.05, 3.63) is 0 Å². The topological polar surface area (TPSA) is 27.3 Å². The van der Waals surface area contributed by atoms with Crippen molar-refractivity contribution in [2.24, 2.45) is 0 Å². The van der Waals surface area contributed by atoms with Gasteiger partial charge < -0.3 is 15.5 Å². The molecule has 6 heteroatoms. The van der Waals surface area contributed by atoms with Gasteiger partial charge in [0, 0.05) is 13.0 Å². The molecule has 3 nitrogen and oxygen atoms in total. The predicted octanol–water partition coefficient (Wildman–Crippen LogP) is 4.29. The first-order chi connectivity index (χ1) is 10.7. The Labute approximate surface area is 142 Å². The van der Waals surface area contributed by atoms with Crippen LogP contribution in [0.3, 0.4) is 0 Å². The van der Waals surface area contributed by atoms with Gasteiger partial charge in [0.2, 0.25) is 0 Å². The lowest BCUT2D eigenvalue weighted by Gasteiger charge is -2.15. The molecule has 0 saturated carbocycles. The lowest BCUT2D eigenvalue weighted by atomic mass is 10.1. The van der Waals surface area contributed by atoms with Crippen LogP contribution in [0.5, 0.6) is 0 Å². The van der Waals surface area contributed by atoms with Gasteiger partial charge in [-0.2, -0.15) is 13.2 Å². The van der Waals surface area contributed by atoms with E-state index in [1.54, 1.807) is 0 Å². The molecule has 1 atom stereocenters. The summed E-state index contributed by atoms with van der Waals surface area (Å²) in [5.74, 6) is 0. The molecular weight excluding hydrogens is 303 g/mol. The van der Waals surface area contributed by atoms with Crippen LogP contribution in [0.1, 0.15) is 59.8 Å². The summed E-state index contributed by atoms with van der Waals surface area (Å²) in [6.45, 7) is 9.87. The summed E-state index contributed by atoms with van der Waals surface area (Å²) in [6.07, 6.45) is 2.89. The van der Waals surface area contributed by atoms with E-state index < -0.39 is 6.18 Å². The SMILES string of the molecule is CC.CC(F)(F)F.CCNCCC1CCCCCN1.CN(C)C. The Kier molecular flexibility index (Phi) is 23.6. The fourth-order valence-corrected chi connectivity index (χ4v) is 1.80. The Morgan fingerprint density at radius 1 is 1.09 bits per heavy atom. The lowest BCUT2D eigenvalue weighted by Crippen LogP contribution is -2.31. The fraction of sp³-hybridized carbons (Fsp3) is 1.00. The van der Waals surface area contributed by atoms with Crippen LogP contribution in [0.4, 0.5) is 13.2 Å². The van der Waals surface area contributed by atoms with E-state index in [0.29, 0.717) is 0 Å². The standard InChI is InChI=1S/C10H22N2.C3H9N.C2H3F3.C2H6/c1-2-11-9-7-10-6-4-3-5-8-12-10;1-4(2)3;1-2(3,4)5;1-2/h10-12H,2-9H2,1H3;1-3H3;1H3;1-2H3. The maximum atomic E-state index is 10.4. The summed E-state index contributed by atoms with van der Waals surface area (Å²) >= 11 is 0. The Balaban J connectivity index is -0.000000304. The van der Waals surface area contributed by atoms with Gasteiger partial charge in [0.15, 0.2) is 0 Å². The third kappa shape index (κ3) is 44.9. The quantitative estimate of drug-likeness (QED) is 0.746. The minimum absolute atomic E-state index is 0.188. The Bertz CT molecular complexity index is 193. The van der Waals surface area contributed by atoms with Crippen LogP contribution in [0.2, 0.25) is 0 Å². The average molecular weight is 344 g/mol. The van der Waals surface area contributed by atoms with Crippen molar-refractivity contribution in [1.82, 2.24) is 15.5 Å². The van der Waals surface area contributed by atoms with Gasteiger partial charge in [0.25, 0.3) is 0 Å². The molecule has 0 aromatic rings. The van der Waals surface area contributed by atoms with E-state index >= 15 is 0 Å². The minimum atomic E-state index is -4.00. The monoisotopic (exact) mass is 343 g/mol. The summed E-state index contributed by atoms with van der Waals surface area (Å²) in [5.41, 5.74) is 0. The van der Waals surface area contributed by atoms with Gasteiger partial charge in [-0.05, 0) is 60.0 Å². The molecule has 1 rings (SSSR count). The highest BCUT2D eigenvalue weighted by atomic mass is 19.4. The number of rotatable bonds is 4. The molecule has 1 saturated heterocycles. The molecule has 144 valence electrons. The van der Waals surface area contributed by atoms with E-state index in [1.165, 1.54) is 45.2 Å². The van der Waals surface area contributed by atoms with Crippen molar-refractivity contribution in [1.29, 1.82) is 0 Å². The van der Waals surface area contributed by atoms with E-state index in [4.69, 9.17) is 0 Å². The summed E-state index contributed by atoms with van der Waals surface area (Å²) in [6, 6.07) is 0.784. The van der Waals surface area contributed by atoms with Crippen molar-refractivity contribution >= 4 is 0 Å². The molecule has 0 aromatic heterocycles. The van der Waals surface area contributed by atoms with Crippen molar-refractivity contribution in [2.75, 3.05) is 40.8 Å². The van der Waals surface area contributed by atoms with Gasteiger partial charge in [-0.3, -0.25) is 0 Å². The molecule has 2 N–H and O–H groups in total. The molecule has 0 aliphatic carbocycles. The third-order valence-electron chi connectivity index (χ3n) is 2.58. The number of nitrogens with zero attached hydrogens (tertiary/aromatic N) is 1. The van der Waals surface area contributed by atoms with E-state index in [0.717, 1.165) is 12.6 Å². The van der Waals surface area contributed by atoms with Gasteiger partial charge in [-0.25, -0.2) is 0 Å². The number of hydrogen-bond donors (Lipinski definition) is 2. The smallest absolute Gasteiger partial charge is 0.317 e. The second-order valence-corrected chi connectivity index (χ2v) is 5.77. The summed E-state index contributed by atoms with van der Waals surface area (Å²) in [7, 11) is 6.00. The maximum Gasteiger partial charge on any atom is 0.386 e. The van der Waals surface area contributed by atoms with Gasteiger partial charge >= 0.3 is 6.18 Å². The van der Waals surface area contributed by atoms with Crippen LogP contribution in [0.25, 0.3) is 0 Å². The first kappa shape index (κ1) is 27.5. The number of nitrogens with one attached hydrogen (secondary N) is 2. The molecule has 1 aliphatic rings. The first-order valence-electron chi connectivity index (χ1n) is 8.78. The maximum absolute atomic E-state index is 10.4. The zero-order valence-electron chi connectivity index (χ0n) is 16.3. The lowest BCUT2D eigenvalue weighted by molar-refractivity contribution is -0.110. The van der Waals surface area contributed by atoms with E-state index in [-0.39, 0.29) is 6.92 Å². The summed E-state index contributed by atoms with van der Waals surface area (Å²) < 4.78 is 31.1. The highest BCUT2D eigenvalue weighted by Crippen LogP contribution is 2.10. The van der Waals surface area contributed by atoms with Crippen LogP contribution in [-0.4, -0.2) is 57.9 Å². The number of hydrogen-bond acceptors (Lipinski definition) is 3. The molecule has 1 unspecified atom stereocenters. The fourth-order valence-electron chi connectivity index (χ4n) is 1.80. The van der Waals surface area contributed by atoms with Crippen molar-refractivity contribution in [3.8, 4) is 0 Å². The van der Waals surface area contributed by atoms with Crippen LogP contribution < -0.4 is 10.6 Å². The molecule has 1 heterocycles. The van der Waals surface area contributed by atoms with Gasteiger partial charge in [-0.1, -0.05) is 33.6 Å². The van der Waals surface area contributed by atoms with Crippen molar-refractivity contribution < 1.29 is 13.2 Å². The van der Waals surface area contributed by atoms with Crippen LogP contribution >= 0.6 is 0 Å². The Hall–Kier alpha value is -0.330. The molecule has 0 aromatic carbocycles. The number of halogens is 3. The van der Waals surface area contributed by atoms with Gasteiger partial charge in [0.05, 0.1) is 0 Å². The molecule has 23 heavy (non-hydrogen) atoms. The van der Waals surface area contributed by atoms with Crippen molar-refractivity contribution in [3.63, 3.8) is 0 Å². The van der Waals surface area contributed by atoms with E-state index in [2.05, 4.69) is 17.6 Å². The highest BCUT2D eigenvalue weighted by molar-refractivity contribution is 4.71. The van der Waals surface area contributed by atoms with E-state index in [1.807, 2.05) is 39.9 Å². The average Bonchev–Trinajstić information content (AvgIpc) is 2.68. The molecule has 1 fully saturated rings. The van der Waals surface area contributed by atoms with Crippen LogP contribution in [0.15, 0.2) is 0 Å². The van der Waals surface area contributed by atoms with Gasteiger partial charge in [-0.15, -0.1) is 0 Å². The molecule has 1 aliphatic heterocycles. The minimum Gasteiger partial charge on any atom is -0.317 e. The van der Waals surface area contributed by atoms with Gasteiger partial charge in [0.1, 0.15) is 0 Å². The molecule has 0 spiro atoms. The van der Waals surface area contributed by atoms with Crippen LogP contribution in [-0.2, 0) is 0 Å². The zero-order valence-corrected chi connectivity index (χ0v) is 16.3. The molecule has 0 radical (unpaired) electrons. The number of alkyl halides is 3. The normalized spacial score (nSPS) is 17.6. The predicted molar refractivity (Wildman–Crippen MR) is 96.1 cm³/mol. The summed E-state index contributed by atoms with van der Waals surface area (Å²) in [4.78, 5) is 2.00. The molecule has 0 bridgehead atoms. The summed E-state index contributed by atoms with van der Waals surface area (Å²) in [5, 5.41) is 6.98. The molecular formula is C17H40F3N3. The highest BCUT2D eigenvalue weighted by Gasteiger charge is 2.15. The third-order valence-corrected chi connectivity index (χ3v) is 2.58. The largest absolute Gasteiger partial charge is 0.386 e. The molecule has 0 amide bonds.